The van der Waals surface area contributed by atoms with Gasteiger partial charge >= 0.3 is 0 Å². The molecular formula is C14H16O2. The molecule has 0 bridgehead atoms. The Balaban J connectivity index is 2.39. The summed E-state index contributed by atoms with van der Waals surface area (Å²) < 4.78 is 11.3. The van der Waals surface area contributed by atoms with Gasteiger partial charge in [-0.3, -0.25) is 0 Å². The lowest BCUT2D eigenvalue weighted by atomic mass is 10.0. The minimum atomic E-state index is 1.01. The molecule has 0 aliphatic heterocycles. The molecule has 1 heterocycles. The normalized spacial score (nSPS) is 15.1. The van der Waals surface area contributed by atoms with Gasteiger partial charge < -0.3 is 9.15 Å². The number of rotatable bonds is 1. The van der Waals surface area contributed by atoms with Crippen molar-refractivity contribution in [3.63, 3.8) is 0 Å². The molecule has 0 fully saturated rings. The molecule has 0 saturated heterocycles. The van der Waals surface area contributed by atoms with Gasteiger partial charge in [-0.25, -0.2) is 0 Å². The van der Waals surface area contributed by atoms with Crippen LogP contribution in [0.2, 0.25) is 0 Å². The van der Waals surface area contributed by atoms with Crippen molar-refractivity contribution in [1.82, 2.24) is 0 Å². The smallest absolute Gasteiger partial charge is 0.135 e. The topological polar surface area (TPSA) is 22.4 Å². The number of hydrogen-bond acceptors (Lipinski definition) is 2. The summed E-state index contributed by atoms with van der Waals surface area (Å²) in [6.45, 7) is 2.07. The van der Waals surface area contributed by atoms with Crippen molar-refractivity contribution in [2.24, 2.45) is 0 Å². The van der Waals surface area contributed by atoms with Gasteiger partial charge in [0.2, 0.25) is 0 Å². The van der Waals surface area contributed by atoms with Crippen LogP contribution in [0.15, 0.2) is 16.5 Å². The molecule has 0 spiro atoms. The minimum Gasteiger partial charge on any atom is -0.496 e. The number of benzene rings is 1. The van der Waals surface area contributed by atoms with E-state index in [0.29, 0.717) is 0 Å². The predicted octanol–water partition coefficient (Wildman–Crippen LogP) is 3.63. The van der Waals surface area contributed by atoms with Crippen LogP contribution in [0.25, 0.3) is 11.0 Å². The van der Waals surface area contributed by atoms with Crippen molar-refractivity contribution in [2.75, 3.05) is 7.11 Å². The lowest BCUT2D eigenvalue weighted by Crippen LogP contribution is -1.92. The van der Waals surface area contributed by atoms with Crippen molar-refractivity contribution in [3.05, 3.63) is 29.0 Å². The second-order valence-electron chi connectivity index (χ2n) is 4.46. The maximum absolute atomic E-state index is 5.81. The van der Waals surface area contributed by atoms with Crippen LogP contribution in [-0.4, -0.2) is 7.11 Å². The Morgan fingerprint density at radius 1 is 1.12 bits per heavy atom. The molecular weight excluding hydrogens is 200 g/mol. The first-order valence-electron chi connectivity index (χ1n) is 5.89. The van der Waals surface area contributed by atoms with E-state index in [4.69, 9.17) is 9.15 Å². The fraction of sp³-hybridized carbons (Fsp3) is 0.429. The Bertz CT molecular complexity index is 537. The first kappa shape index (κ1) is 9.76. The van der Waals surface area contributed by atoms with Crippen molar-refractivity contribution in [3.8, 4) is 5.75 Å². The molecule has 2 heteroatoms. The third kappa shape index (κ3) is 1.26. The highest BCUT2D eigenvalue weighted by Crippen LogP contribution is 2.37. The number of hydrogen-bond donors (Lipinski definition) is 0. The largest absolute Gasteiger partial charge is 0.496 e. The van der Waals surface area contributed by atoms with Crippen molar-refractivity contribution in [2.45, 2.75) is 32.6 Å². The highest BCUT2D eigenvalue weighted by molar-refractivity contribution is 5.88. The quantitative estimate of drug-likeness (QED) is 0.726. The van der Waals surface area contributed by atoms with Gasteiger partial charge in [0.15, 0.2) is 0 Å². The van der Waals surface area contributed by atoms with Crippen LogP contribution in [0, 0.1) is 6.92 Å². The maximum atomic E-state index is 5.81. The lowest BCUT2D eigenvalue weighted by Gasteiger charge is -2.07. The third-order valence-electron chi connectivity index (χ3n) is 3.54. The Morgan fingerprint density at radius 3 is 2.62 bits per heavy atom. The molecule has 0 atom stereocenters. The van der Waals surface area contributed by atoms with Gasteiger partial charge in [0.1, 0.15) is 17.1 Å². The second-order valence-corrected chi connectivity index (χ2v) is 4.46. The van der Waals surface area contributed by atoms with Crippen LogP contribution in [0.4, 0.5) is 0 Å². The van der Waals surface area contributed by atoms with Gasteiger partial charge in [-0.1, -0.05) is 0 Å². The van der Waals surface area contributed by atoms with Crippen molar-refractivity contribution >= 4 is 11.0 Å². The van der Waals surface area contributed by atoms with Gasteiger partial charge in [-0.2, -0.15) is 0 Å². The first-order valence-corrected chi connectivity index (χ1v) is 5.89. The third-order valence-corrected chi connectivity index (χ3v) is 3.54. The van der Waals surface area contributed by atoms with Gasteiger partial charge in [0.25, 0.3) is 0 Å². The summed E-state index contributed by atoms with van der Waals surface area (Å²) in [4.78, 5) is 0. The summed E-state index contributed by atoms with van der Waals surface area (Å²) in [6, 6.07) is 4.05. The van der Waals surface area contributed by atoms with E-state index in [9.17, 15) is 0 Å². The average molecular weight is 216 g/mol. The van der Waals surface area contributed by atoms with E-state index in [2.05, 4.69) is 6.92 Å². The molecule has 0 amide bonds. The molecule has 1 aromatic carbocycles. The van der Waals surface area contributed by atoms with Crippen molar-refractivity contribution < 1.29 is 9.15 Å². The number of methoxy groups -OCH3 is 1. The van der Waals surface area contributed by atoms with Gasteiger partial charge in [0, 0.05) is 16.5 Å². The number of furan rings is 1. The van der Waals surface area contributed by atoms with Gasteiger partial charge in [-0.05, 0) is 44.7 Å². The highest BCUT2D eigenvalue weighted by atomic mass is 16.5. The lowest BCUT2D eigenvalue weighted by molar-refractivity contribution is 0.410. The summed E-state index contributed by atoms with van der Waals surface area (Å²) >= 11 is 0. The SMILES string of the molecule is COc1ccc2oc(C)c3c2c1CCCC3. The monoisotopic (exact) mass is 216 g/mol. The fourth-order valence-electron chi connectivity index (χ4n) is 2.77. The van der Waals surface area contributed by atoms with Gasteiger partial charge in [-0.15, -0.1) is 0 Å². The summed E-state index contributed by atoms with van der Waals surface area (Å²) in [6.07, 6.45) is 4.72. The van der Waals surface area contributed by atoms with Crippen LogP contribution in [-0.2, 0) is 12.8 Å². The summed E-state index contributed by atoms with van der Waals surface area (Å²) in [5, 5.41) is 1.31. The molecule has 1 aliphatic carbocycles. The summed E-state index contributed by atoms with van der Waals surface area (Å²) in [5.74, 6) is 2.09. The van der Waals surface area contributed by atoms with E-state index in [1.165, 1.54) is 29.4 Å². The van der Waals surface area contributed by atoms with Crippen LogP contribution >= 0.6 is 0 Å². The highest BCUT2D eigenvalue weighted by Gasteiger charge is 2.19. The Kier molecular flexibility index (Phi) is 2.16. The molecule has 0 N–H and O–H groups in total. The van der Waals surface area contributed by atoms with Gasteiger partial charge in [0.05, 0.1) is 7.11 Å². The van der Waals surface area contributed by atoms with E-state index in [-0.39, 0.29) is 0 Å². The van der Waals surface area contributed by atoms with Crippen LogP contribution in [0.5, 0.6) is 5.75 Å². The molecule has 1 aromatic heterocycles. The van der Waals surface area contributed by atoms with E-state index in [1.807, 2.05) is 12.1 Å². The number of aryl methyl sites for hydroxylation is 3. The molecule has 16 heavy (non-hydrogen) atoms. The molecule has 1 aliphatic rings. The second kappa shape index (κ2) is 3.55. The molecule has 84 valence electrons. The van der Waals surface area contributed by atoms with E-state index in [1.54, 1.807) is 7.11 Å². The summed E-state index contributed by atoms with van der Waals surface area (Å²) in [5.41, 5.74) is 3.75. The molecule has 0 radical (unpaired) electrons. The van der Waals surface area contributed by atoms with E-state index >= 15 is 0 Å². The standard InChI is InChI=1S/C14H16O2/c1-9-10-5-3-4-6-11-12(15-2)7-8-13(16-9)14(10)11/h7-8H,3-6H2,1-2H3. The Labute approximate surface area is 95.2 Å². The van der Waals surface area contributed by atoms with Crippen LogP contribution in [0.1, 0.15) is 29.7 Å². The molecule has 3 rings (SSSR count). The number of ether oxygens (including phenoxy) is 1. The van der Waals surface area contributed by atoms with Crippen LogP contribution in [0.3, 0.4) is 0 Å². The van der Waals surface area contributed by atoms with E-state index in [0.717, 1.165) is 29.9 Å². The Hall–Kier alpha value is -1.44. The Morgan fingerprint density at radius 2 is 1.88 bits per heavy atom. The summed E-state index contributed by atoms with van der Waals surface area (Å²) in [7, 11) is 1.75. The molecule has 2 nitrogen and oxygen atoms in total. The average Bonchev–Trinajstić information content (AvgIpc) is 2.50. The van der Waals surface area contributed by atoms with Crippen molar-refractivity contribution in [1.29, 1.82) is 0 Å². The maximum Gasteiger partial charge on any atom is 0.135 e. The molecule has 2 aromatic rings. The first-order chi connectivity index (χ1) is 7.81. The van der Waals surface area contributed by atoms with E-state index < -0.39 is 0 Å². The zero-order valence-electron chi connectivity index (χ0n) is 9.80. The fourth-order valence-corrected chi connectivity index (χ4v) is 2.77. The zero-order valence-corrected chi connectivity index (χ0v) is 9.80. The predicted molar refractivity (Wildman–Crippen MR) is 64.1 cm³/mol. The molecule has 0 saturated carbocycles. The molecule has 0 unspecified atom stereocenters. The minimum absolute atomic E-state index is 1.01. The zero-order chi connectivity index (χ0) is 11.1. The van der Waals surface area contributed by atoms with Crippen LogP contribution < -0.4 is 4.74 Å².